The highest BCUT2D eigenvalue weighted by Crippen LogP contribution is 2.33. The van der Waals surface area contributed by atoms with Crippen molar-refractivity contribution in [1.82, 2.24) is 4.98 Å². The average Bonchev–Trinajstić information content (AvgIpc) is 3.13. The highest BCUT2D eigenvalue weighted by molar-refractivity contribution is 9.10. The number of anilines is 1. The largest absolute Gasteiger partial charge is 0.436 e. The van der Waals surface area contributed by atoms with Crippen LogP contribution in [0.25, 0.3) is 22.6 Å². The SMILES string of the molecule is O=C(Nc1ccc2oc(-c3cc(Br)ccc3Cl)nc2c1)c1cc([N+](=O)[O-])ccc1Br. The number of hydrogen-bond donors (Lipinski definition) is 1. The second-order valence-corrected chi connectivity index (χ2v) is 8.38. The minimum atomic E-state index is -0.556. The number of oxazole rings is 1. The van der Waals surface area contributed by atoms with Gasteiger partial charge in [0.05, 0.1) is 21.1 Å². The smallest absolute Gasteiger partial charge is 0.270 e. The van der Waals surface area contributed by atoms with E-state index in [-0.39, 0.29) is 11.3 Å². The molecule has 0 saturated carbocycles. The van der Waals surface area contributed by atoms with Gasteiger partial charge in [-0.15, -0.1) is 0 Å². The van der Waals surface area contributed by atoms with Crippen LogP contribution in [0.2, 0.25) is 5.02 Å². The lowest BCUT2D eigenvalue weighted by Gasteiger charge is -2.06. The van der Waals surface area contributed by atoms with E-state index < -0.39 is 10.8 Å². The maximum absolute atomic E-state index is 12.6. The number of carbonyl (C=O) groups excluding carboxylic acids is 1. The van der Waals surface area contributed by atoms with E-state index in [1.165, 1.54) is 18.2 Å². The number of benzene rings is 3. The molecule has 0 atom stereocenters. The molecule has 1 heterocycles. The fourth-order valence-electron chi connectivity index (χ4n) is 2.78. The summed E-state index contributed by atoms with van der Waals surface area (Å²) in [6.45, 7) is 0. The third-order valence-corrected chi connectivity index (χ3v) is 5.72. The average molecular weight is 552 g/mol. The van der Waals surface area contributed by atoms with Crippen molar-refractivity contribution in [3.63, 3.8) is 0 Å². The van der Waals surface area contributed by atoms with E-state index in [1.54, 1.807) is 30.3 Å². The molecule has 0 aliphatic heterocycles. The van der Waals surface area contributed by atoms with E-state index in [1.807, 2.05) is 6.07 Å². The number of nitro groups is 1. The van der Waals surface area contributed by atoms with Gasteiger partial charge in [-0.25, -0.2) is 4.98 Å². The monoisotopic (exact) mass is 549 g/mol. The maximum Gasteiger partial charge on any atom is 0.270 e. The van der Waals surface area contributed by atoms with Crippen LogP contribution in [-0.4, -0.2) is 15.8 Å². The Labute approximate surface area is 191 Å². The van der Waals surface area contributed by atoms with Gasteiger partial charge >= 0.3 is 0 Å². The van der Waals surface area contributed by atoms with E-state index in [2.05, 4.69) is 42.2 Å². The summed E-state index contributed by atoms with van der Waals surface area (Å²) in [4.78, 5) is 27.5. The summed E-state index contributed by atoms with van der Waals surface area (Å²) >= 11 is 12.9. The molecule has 1 N–H and O–H groups in total. The number of non-ortho nitro benzene ring substituents is 1. The van der Waals surface area contributed by atoms with Crippen LogP contribution < -0.4 is 5.32 Å². The summed E-state index contributed by atoms with van der Waals surface area (Å²) in [6.07, 6.45) is 0. The number of halogens is 3. The lowest BCUT2D eigenvalue weighted by molar-refractivity contribution is -0.384. The molecular formula is C20H10Br2ClN3O4. The van der Waals surface area contributed by atoms with Gasteiger partial charge in [-0.05, 0) is 58.4 Å². The Morgan fingerprint density at radius 1 is 1.10 bits per heavy atom. The van der Waals surface area contributed by atoms with Crippen molar-refractivity contribution in [2.45, 2.75) is 0 Å². The summed E-state index contributed by atoms with van der Waals surface area (Å²) in [5.41, 5.74) is 2.11. The highest BCUT2D eigenvalue weighted by Gasteiger charge is 2.17. The number of rotatable bonds is 4. The van der Waals surface area contributed by atoms with Crippen LogP contribution >= 0.6 is 43.5 Å². The van der Waals surface area contributed by atoms with Gasteiger partial charge in [0.25, 0.3) is 11.6 Å². The highest BCUT2D eigenvalue weighted by atomic mass is 79.9. The Kier molecular flexibility index (Phi) is 5.59. The third-order valence-electron chi connectivity index (χ3n) is 4.21. The van der Waals surface area contributed by atoms with E-state index >= 15 is 0 Å². The van der Waals surface area contributed by atoms with Gasteiger partial charge in [0.1, 0.15) is 5.52 Å². The molecule has 1 amide bonds. The molecular weight excluding hydrogens is 541 g/mol. The molecule has 0 saturated heterocycles. The van der Waals surface area contributed by atoms with Gasteiger partial charge in [0.15, 0.2) is 5.58 Å². The fourth-order valence-corrected chi connectivity index (χ4v) is 3.77. The molecule has 7 nitrogen and oxygen atoms in total. The van der Waals surface area contributed by atoms with E-state index in [0.717, 1.165) is 4.47 Å². The van der Waals surface area contributed by atoms with E-state index in [4.69, 9.17) is 16.0 Å². The summed E-state index contributed by atoms with van der Waals surface area (Å²) < 4.78 is 7.06. The van der Waals surface area contributed by atoms with Crippen LogP contribution in [0.3, 0.4) is 0 Å². The summed E-state index contributed by atoms with van der Waals surface area (Å²) in [5.74, 6) is -0.148. The van der Waals surface area contributed by atoms with Crippen LogP contribution in [-0.2, 0) is 0 Å². The first-order valence-corrected chi connectivity index (χ1v) is 10.4. The molecule has 0 unspecified atom stereocenters. The molecule has 4 rings (SSSR count). The van der Waals surface area contributed by atoms with Crippen molar-refractivity contribution in [1.29, 1.82) is 0 Å². The number of nitrogens with one attached hydrogen (secondary N) is 1. The zero-order valence-electron chi connectivity index (χ0n) is 14.9. The first-order chi connectivity index (χ1) is 14.3. The van der Waals surface area contributed by atoms with Gasteiger partial charge in [0, 0.05) is 26.8 Å². The standard InChI is InChI=1S/C20H10Br2ClN3O4/c21-10-1-5-16(23)14(7-10)20-25-17-8-11(2-6-18(17)30-20)24-19(27)13-9-12(26(28)29)3-4-15(13)22/h1-9H,(H,24,27). The van der Waals surface area contributed by atoms with Crippen molar-refractivity contribution in [3.8, 4) is 11.5 Å². The number of carbonyl (C=O) groups is 1. The molecule has 30 heavy (non-hydrogen) atoms. The molecule has 150 valence electrons. The Bertz CT molecular complexity index is 1320. The number of hydrogen-bond acceptors (Lipinski definition) is 5. The Morgan fingerprint density at radius 3 is 2.67 bits per heavy atom. The predicted octanol–water partition coefficient (Wildman–Crippen LogP) is 6.83. The van der Waals surface area contributed by atoms with Crippen molar-refractivity contribution < 1.29 is 14.1 Å². The molecule has 0 aliphatic carbocycles. The first kappa shape index (κ1) is 20.5. The Balaban J connectivity index is 1.65. The molecule has 0 bridgehead atoms. The summed E-state index contributed by atoms with van der Waals surface area (Å²) in [6, 6.07) is 14.3. The molecule has 10 heteroatoms. The quantitative estimate of drug-likeness (QED) is 0.221. The zero-order valence-corrected chi connectivity index (χ0v) is 18.8. The minimum absolute atomic E-state index is 0.144. The van der Waals surface area contributed by atoms with Gasteiger partial charge in [-0.3, -0.25) is 14.9 Å². The van der Waals surface area contributed by atoms with Crippen LogP contribution in [0.4, 0.5) is 11.4 Å². The third kappa shape index (κ3) is 4.09. The van der Waals surface area contributed by atoms with Gasteiger partial charge in [-0.1, -0.05) is 27.5 Å². The van der Waals surface area contributed by atoms with Crippen LogP contribution in [0.1, 0.15) is 10.4 Å². The van der Waals surface area contributed by atoms with E-state index in [0.29, 0.717) is 37.7 Å². The second-order valence-electron chi connectivity index (χ2n) is 6.20. The van der Waals surface area contributed by atoms with Crippen molar-refractivity contribution >= 4 is 71.8 Å². The number of amides is 1. The zero-order chi connectivity index (χ0) is 21.4. The predicted molar refractivity (Wildman–Crippen MR) is 121 cm³/mol. The lowest BCUT2D eigenvalue weighted by atomic mass is 10.2. The summed E-state index contributed by atoms with van der Waals surface area (Å²) in [7, 11) is 0. The van der Waals surface area contributed by atoms with Gasteiger partial charge in [-0.2, -0.15) is 0 Å². The molecule has 0 spiro atoms. The Morgan fingerprint density at radius 2 is 1.90 bits per heavy atom. The van der Waals surface area contributed by atoms with E-state index in [9.17, 15) is 14.9 Å². The maximum atomic E-state index is 12.6. The second kappa shape index (κ2) is 8.17. The molecule has 1 aromatic heterocycles. The lowest BCUT2D eigenvalue weighted by Crippen LogP contribution is -2.12. The van der Waals surface area contributed by atoms with Crippen LogP contribution in [0.5, 0.6) is 0 Å². The Hall–Kier alpha value is -2.75. The van der Waals surface area contributed by atoms with Crippen molar-refractivity contribution in [2.24, 2.45) is 0 Å². The van der Waals surface area contributed by atoms with Crippen LogP contribution in [0.15, 0.2) is 68.0 Å². The van der Waals surface area contributed by atoms with Crippen LogP contribution in [0, 0.1) is 10.1 Å². The fraction of sp³-hybridized carbons (Fsp3) is 0. The minimum Gasteiger partial charge on any atom is -0.436 e. The van der Waals surface area contributed by atoms with Crippen molar-refractivity contribution in [3.05, 3.63) is 84.2 Å². The van der Waals surface area contributed by atoms with Crippen molar-refractivity contribution in [2.75, 3.05) is 5.32 Å². The van der Waals surface area contributed by atoms with Gasteiger partial charge in [0.2, 0.25) is 5.89 Å². The summed E-state index contributed by atoms with van der Waals surface area (Å²) in [5, 5.41) is 14.2. The van der Waals surface area contributed by atoms with Gasteiger partial charge < -0.3 is 9.73 Å². The molecule has 3 aromatic carbocycles. The first-order valence-electron chi connectivity index (χ1n) is 8.43. The number of nitrogens with zero attached hydrogens (tertiary/aromatic N) is 2. The number of nitro benzene ring substituents is 1. The molecule has 0 fully saturated rings. The number of aromatic nitrogens is 1. The molecule has 0 radical (unpaired) electrons. The molecule has 0 aliphatic rings. The topological polar surface area (TPSA) is 98.3 Å². The number of fused-ring (bicyclic) bond motifs is 1. The molecule has 4 aromatic rings. The normalized spacial score (nSPS) is 10.9.